The molecule has 3 rings (SSSR count). The number of ether oxygens (including phenoxy) is 1. The number of aromatic nitrogens is 1. The van der Waals surface area contributed by atoms with Gasteiger partial charge in [0.2, 0.25) is 5.91 Å². The molecule has 0 aliphatic heterocycles. The molecule has 0 radical (unpaired) electrons. The van der Waals surface area contributed by atoms with E-state index in [-0.39, 0.29) is 6.42 Å². The van der Waals surface area contributed by atoms with Gasteiger partial charge in [-0.1, -0.05) is 17.3 Å². The van der Waals surface area contributed by atoms with E-state index in [2.05, 4.69) is 10.5 Å². The highest BCUT2D eigenvalue weighted by Crippen LogP contribution is 2.18. The van der Waals surface area contributed by atoms with Crippen LogP contribution in [0.15, 0.2) is 53.1 Å². The predicted molar refractivity (Wildman–Crippen MR) is 96.9 cm³/mol. The number of rotatable bonds is 6. The summed E-state index contributed by atoms with van der Waals surface area (Å²) in [5, 5.41) is 7.19. The van der Waals surface area contributed by atoms with E-state index in [9.17, 15) is 14.4 Å². The first-order valence-electron chi connectivity index (χ1n) is 8.17. The Morgan fingerprint density at radius 2 is 1.85 bits per heavy atom. The molecule has 0 saturated heterocycles. The summed E-state index contributed by atoms with van der Waals surface area (Å²) in [6, 6.07) is 13.2. The van der Waals surface area contributed by atoms with Gasteiger partial charge in [-0.05, 0) is 43.3 Å². The lowest BCUT2D eigenvalue weighted by Gasteiger charge is -2.13. The zero-order valence-electron chi connectivity index (χ0n) is 14.5. The Kier molecular flexibility index (Phi) is 5.16. The number of benzene rings is 2. The van der Waals surface area contributed by atoms with E-state index < -0.39 is 23.9 Å². The Morgan fingerprint density at radius 3 is 2.56 bits per heavy atom. The Bertz CT molecular complexity index is 994. The highest BCUT2D eigenvalue weighted by Gasteiger charge is 2.20. The second-order valence-electron chi connectivity index (χ2n) is 5.87. The number of nitrogens with zero attached hydrogens (tertiary/aromatic N) is 1. The van der Waals surface area contributed by atoms with E-state index in [1.165, 1.54) is 31.2 Å². The third-order valence-corrected chi connectivity index (χ3v) is 3.88. The molecule has 8 heteroatoms. The minimum absolute atomic E-state index is 0.109. The molecule has 8 nitrogen and oxygen atoms in total. The second-order valence-corrected chi connectivity index (χ2v) is 5.87. The quantitative estimate of drug-likeness (QED) is 0.642. The third-order valence-electron chi connectivity index (χ3n) is 3.88. The normalized spacial score (nSPS) is 11.7. The highest BCUT2D eigenvalue weighted by atomic mass is 16.5. The maximum atomic E-state index is 12.2. The number of hydrogen-bond donors (Lipinski definition) is 2. The van der Waals surface area contributed by atoms with Crippen molar-refractivity contribution in [3.05, 3.63) is 59.8 Å². The van der Waals surface area contributed by atoms with Gasteiger partial charge in [-0.3, -0.25) is 14.4 Å². The van der Waals surface area contributed by atoms with Crippen LogP contribution < -0.4 is 11.1 Å². The van der Waals surface area contributed by atoms with Crippen LogP contribution in [0.2, 0.25) is 0 Å². The average molecular weight is 367 g/mol. The van der Waals surface area contributed by atoms with Crippen molar-refractivity contribution in [1.82, 2.24) is 5.16 Å². The molecule has 0 aliphatic carbocycles. The van der Waals surface area contributed by atoms with Crippen LogP contribution in [0.3, 0.4) is 0 Å². The molecule has 138 valence electrons. The minimum Gasteiger partial charge on any atom is -0.452 e. The van der Waals surface area contributed by atoms with Crippen LogP contribution in [0, 0.1) is 0 Å². The molecule has 0 fully saturated rings. The van der Waals surface area contributed by atoms with E-state index in [4.69, 9.17) is 15.0 Å². The maximum absolute atomic E-state index is 12.2. The molecule has 0 aliphatic rings. The van der Waals surface area contributed by atoms with Crippen molar-refractivity contribution >= 4 is 34.4 Å². The molecule has 1 aromatic heterocycles. The number of anilines is 1. The second kappa shape index (κ2) is 7.69. The number of esters is 1. The Morgan fingerprint density at radius 1 is 1.15 bits per heavy atom. The van der Waals surface area contributed by atoms with E-state index in [1.807, 2.05) is 6.07 Å². The van der Waals surface area contributed by atoms with Crippen molar-refractivity contribution in [2.24, 2.45) is 5.73 Å². The van der Waals surface area contributed by atoms with Crippen LogP contribution in [-0.2, 0) is 20.7 Å². The molecule has 0 saturated carbocycles. The summed E-state index contributed by atoms with van der Waals surface area (Å²) in [5.74, 6) is -1.66. The average Bonchev–Trinajstić information content (AvgIpc) is 3.05. The van der Waals surface area contributed by atoms with Gasteiger partial charge in [-0.2, -0.15) is 0 Å². The molecule has 2 amide bonds. The summed E-state index contributed by atoms with van der Waals surface area (Å²) in [5.41, 5.74) is 6.97. The summed E-state index contributed by atoms with van der Waals surface area (Å²) >= 11 is 0. The molecule has 1 atom stereocenters. The first kappa shape index (κ1) is 18.1. The number of hydrogen-bond acceptors (Lipinski definition) is 6. The first-order chi connectivity index (χ1) is 12.9. The van der Waals surface area contributed by atoms with Crippen LogP contribution >= 0.6 is 0 Å². The molecule has 1 heterocycles. The maximum Gasteiger partial charge on any atom is 0.312 e. The molecular weight excluding hydrogens is 350 g/mol. The molecule has 27 heavy (non-hydrogen) atoms. The Labute approximate surface area is 154 Å². The van der Waals surface area contributed by atoms with Gasteiger partial charge in [0.15, 0.2) is 11.7 Å². The first-order valence-corrected chi connectivity index (χ1v) is 8.17. The van der Waals surface area contributed by atoms with Crippen LogP contribution in [-0.4, -0.2) is 29.0 Å². The fourth-order valence-electron chi connectivity index (χ4n) is 2.46. The number of amides is 2. The number of para-hydroxylation sites is 1. The number of primary amides is 1. The molecule has 0 unspecified atom stereocenters. The molecule has 3 aromatic rings. The zero-order chi connectivity index (χ0) is 19.4. The predicted octanol–water partition coefficient (Wildman–Crippen LogP) is 2.04. The van der Waals surface area contributed by atoms with Gasteiger partial charge in [-0.15, -0.1) is 0 Å². The summed E-state index contributed by atoms with van der Waals surface area (Å²) in [7, 11) is 0. The standard InChI is InChI=1S/C19H17N3O5/c1-11(19(25)21-13-8-6-12(7-9-13)18(20)24)26-17(23)10-15-14-4-2-3-5-16(14)27-22-15/h2-9,11H,10H2,1H3,(H2,20,24)(H,21,25)/t11-/m0/s1. The fraction of sp³-hybridized carbons (Fsp3) is 0.158. The largest absolute Gasteiger partial charge is 0.452 e. The van der Waals surface area contributed by atoms with Gasteiger partial charge in [0, 0.05) is 16.6 Å². The topological polar surface area (TPSA) is 125 Å². The molecular formula is C19H17N3O5. The summed E-state index contributed by atoms with van der Waals surface area (Å²) in [4.78, 5) is 35.3. The van der Waals surface area contributed by atoms with Gasteiger partial charge >= 0.3 is 5.97 Å². The lowest BCUT2D eigenvalue weighted by Crippen LogP contribution is -2.30. The molecule has 2 aromatic carbocycles. The monoisotopic (exact) mass is 367 g/mol. The fourth-order valence-corrected chi connectivity index (χ4v) is 2.46. The van der Waals surface area contributed by atoms with Crippen molar-refractivity contribution in [3.8, 4) is 0 Å². The number of fused-ring (bicyclic) bond motifs is 1. The van der Waals surface area contributed by atoms with Crippen LogP contribution in [0.1, 0.15) is 23.0 Å². The van der Waals surface area contributed by atoms with Gasteiger partial charge in [0.05, 0.1) is 6.42 Å². The summed E-state index contributed by atoms with van der Waals surface area (Å²) < 4.78 is 10.3. The Hall–Kier alpha value is -3.68. The van der Waals surface area contributed by atoms with Gasteiger partial charge < -0.3 is 20.3 Å². The van der Waals surface area contributed by atoms with Gasteiger partial charge in [0.1, 0.15) is 5.69 Å². The lowest BCUT2D eigenvalue weighted by atomic mass is 10.2. The summed E-state index contributed by atoms with van der Waals surface area (Å²) in [6.45, 7) is 1.46. The van der Waals surface area contributed by atoms with Crippen LogP contribution in [0.5, 0.6) is 0 Å². The third kappa shape index (κ3) is 4.30. The number of nitrogens with one attached hydrogen (secondary N) is 1. The van der Waals surface area contributed by atoms with Crippen LogP contribution in [0.25, 0.3) is 11.0 Å². The van der Waals surface area contributed by atoms with Gasteiger partial charge in [-0.25, -0.2) is 0 Å². The van der Waals surface area contributed by atoms with Gasteiger partial charge in [0.25, 0.3) is 5.91 Å². The van der Waals surface area contributed by atoms with Crippen molar-refractivity contribution in [1.29, 1.82) is 0 Å². The number of carbonyl (C=O) groups is 3. The SMILES string of the molecule is C[C@H](OC(=O)Cc1noc2ccccc12)C(=O)Nc1ccc(C(N)=O)cc1. The van der Waals surface area contributed by atoms with Crippen molar-refractivity contribution in [2.45, 2.75) is 19.4 Å². The number of nitrogens with two attached hydrogens (primary N) is 1. The van der Waals surface area contributed by atoms with Crippen LogP contribution in [0.4, 0.5) is 5.69 Å². The van der Waals surface area contributed by atoms with Crippen molar-refractivity contribution in [2.75, 3.05) is 5.32 Å². The Balaban J connectivity index is 1.57. The molecule has 0 bridgehead atoms. The van der Waals surface area contributed by atoms with E-state index in [1.54, 1.807) is 18.2 Å². The van der Waals surface area contributed by atoms with E-state index in [0.29, 0.717) is 22.5 Å². The smallest absolute Gasteiger partial charge is 0.312 e. The van der Waals surface area contributed by atoms with E-state index >= 15 is 0 Å². The minimum atomic E-state index is -1.01. The lowest BCUT2D eigenvalue weighted by molar-refractivity contribution is -0.152. The molecule has 0 spiro atoms. The zero-order valence-corrected chi connectivity index (χ0v) is 14.5. The highest BCUT2D eigenvalue weighted by molar-refractivity contribution is 5.97. The van der Waals surface area contributed by atoms with E-state index in [0.717, 1.165) is 5.39 Å². The van der Waals surface area contributed by atoms with Crippen molar-refractivity contribution in [3.63, 3.8) is 0 Å². The molecule has 3 N–H and O–H groups in total. The van der Waals surface area contributed by atoms with Crippen molar-refractivity contribution < 1.29 is 23.6 Å². The summed E-state index contributed by atoms with van der Waals surface area (Å²) in [6.07, 6.45) is -1.12. The number of carbonyl (C=O) groups excluding carboxylic acids is 3.